The van der Waals surface area contributed by atoms with E-state index in [0.717, 1.165) is 26.1 Å². The first-order valence-electron chi connectivity index (χ1n) is 6.61. The van der Waals surface area contributed by atoms with E-state index in [2.05, 4.69) is 50.1 Å². The fourth-order valence-electron chi connectivity index (χ4n) is 1.92. The molecule has 0 fully saturated rings. The molecular formula is C15H26N2. The van der Waals surface area contributed by atoms with Gasteiger partial charge in [-0.2, -0.15) is 0 Å². The molecule has 1 aromatic rings. The zero-order chi connectivity index (χ0) is 12.7. The minimum atomic E-state index is 0.617. The first-order chi connectivity index (χ1) is 8.13. The molecule has 0 radical (unpaired) electrons. The van der Waals surface area contributed by atoms with Gasteiger partial charge >= 0.3 is 0 Å². The topological polar surface area (TPSA) is 29.3 Å². The molecule has 0 aromatic heterocycles. The number of hydrogen-bond acceptors (Lipinski definition) is 2. The van der Waals surface area contributed by atoms with Gasteiger partial charge in [0.25, 0.3) is 0 Å². The van der Waals surface area contributed by atoms with Crippen LogP contribution in [-0.2, 0) is 6.54 Å². The Kier molecular flexibility index (Phi) is 6.23. The lowest BCUT2D eigenvalue weighted by Gasteiger charge is -2.17. The normalized spacial score (nSPS) is 11.4. The molecular weight excluding hydrogens is 208 g/mol. The molecule has 1 aromatic carbocycles. The van der Waals surface area contributed by atoms with Gasteiger partial charge in [-0.1, -0.05) is 38.1 Å². The van der Waals surface area contributed by atoms with Gasteiger partial charge in [0.05, 0.1) is 0 Å². The van der Waals surface area contributed by atoms with E-state index in [4.69, 9.17) is 5.73 Å². The predicted octanol–water partition coefficient (Wildman–Crippen LogP) is 2.98. The highest BCUT2D eigenvalue weighted by molar-refractivity contribution is 5.24. The number of unbranched alkanes of at least 4 members (excludes halogenated alkanes) is 1. The molecule has 0 aliphatic carbocycles. The Balaban J connectivity index is 2.40. The average Bonchev–Trinajstić information content (AvgIpc) is 2.30. The van der Waals surface area contributed by atoms with E-state index >= 15 is 0 Å². The molecule has 0 amide bonds. The molecule has 0 spiro atoms. The predicted molar refractivity (Wildman–Crippen MR) is 75.2 cm³/mol. The van der Waals surface area contributed by atoms with E-state index in [-0.39, 0.29) is 0 Å². The summed E-state index contributed by atoms with van der Waals surface area (Å²) < 4.78 is 0. The second-order valence-corrected chi connectivity index (χ2v) is 5.13. The molecule has 17 heavy (non-hydrogen) atoms. The van der Waals surface area contributed by atoms with Crippen molar-refractivity contribution in [2.45, 2.75) is 39.2 Å². The van der Waals surface area contributed by atoms with Crippen molar-refractivity contribution in [3.8, 4) is 0 Å². The van der Waals surface area contributed by atoms with Crippen molar-refractivity contribution >= 4 is 0 Å². The summed E-state index contributed by atoms with van der Waals surface area (Å²) in [5, 5.41) is 0. The smallest absolute Gasteiger partial charge is 0.0230 e. The molecule has 0 heterocycles. The maximum absolute atomic E-state index is 5.49. The quantitative estimate of drug-likeness (QED) is 0.735. The Morgan fingerprint density at radius 2 is 1.76 bits per heavy atom. The molecule has 2 N–H and O–H groups in total. The standard InChI is InChI=1S/C15H26N2/c1-13(2)15-8-6-14(7-9-15)12-17(3)11-5-4-10-16/h6-9,13H,4-5,10-12,16H2,1-3H3. The summed E-state index contributed by atoms with van der Waals surface area (Å²) in [7, 11) is 2.17. The Hall–Kier alpha value is -0.860. The van der Waals surface area contributed by atoms with Crippen LogP contribution in [0.2, 0.25) is 0 Å². The van der Waals surface area contributed by atoms with Crippen molar-refractivity contribution in [1.29, 1.82) is 0 Å². The first kappa shape index (κ1) is 14.2. The Morgan fingerprint density at radius 1 is 1.12 bits per heavy atom. The van der Waals surface area contributed by atoms with Crippen LogP contribution in [0.4, 0.5) is 0 Å². The molecule has 2 heteroatoms. The highest BCUT2D eigenvalue weighted by Gasteiger charge is 2.02. The van der Waals surface area contributed by atoms with E-state index in [1.807, 2.05) is 0 Å². The summed E-state index contributed by atoms with van der Waals surface area (Å²) in [6.07, 6.45) is 2.31. The lowest BCUT2D eigenvalue weighted by Crippen LogP contribution is -2.19. The van der Waals surface area contributed by atoms with Gasteiger partial charge in [-0.05, 0) is 50.0 Å². The number of benzene rings is 1. The van der Waals surface area contributed by atoms with Crippen LogP contribution in [0.25, 0.3) is 0 Å². The van der Waals surface area contributed by atoms with Crippen LogP contribution >= 0.6 is 0 Å². The number of nitrogens with zero attached hydrogens (tertiary/aromatic N) is 1. The van der Waals surface area contributed by atoms with Crippen LogP contribution in [0, 0.1) is 0 Å². The summed E-state index contributed by atoms with van der Waals surface area (Å²) in [4.78, 5) is 2.36. The van der Waals surface area contributed by atoms with Crippen molar-refractivity contribution in [1.82, 2.24) is 4.90 Å². The number of hydrogen-bond donors (Lipinski definition) is 1. The molecule has 0 saturated heterocycles. The third kappa shape index (κ3) is 5.33. The SMILES string of the molecule is CC(C)c1ccc(CN(C)CCCCN)cc1. The molecule has 1 rings (SSSR count). The highest BCUT2D eigenvalue weighted by Crippen LogP contribution is 2.15. The van der Waals surface area contributed by atoms with Gasteiger partial charge in [-0.15, -0.1) is 0 Å². The van der Waals surface area contributed by atoms with E-state index < -0.39 is 0 Å². The Labute approximate surface area is 106 Å². The minimum absolute atomic E-state index is 0.617. The average molecular weight is 234 g/mol. The zero-order valence-corrected chi connectivity index (χ0v) is 11.4. The molecule has 0 unspecified atom stereocenters. The lowest BCUT2D eigenvalue weighted by molar-refractivity contribution is 0.319. The summed E-state index contributed by atoms with van der Waals surface area (Å²) in [6.45, 7) is 7.42. The van der Waals surface area contributed by atoms with Crippen molar-refractivity contribution < 1.29 is 0 Å². The van der Waals surface area contributed by atoms with Crippen LogP contribution in [0.1, 0.15) is 43.7 Å². The molecule has 0 saturated carbocycles. The maximum atomic E-state index is 5.49. The zero-order valence-electron chi connectivity index (χ0n) is 11.4. The van der Waals surface area contributed by atoms with Crippen LogP contribution in [0.15, 0.2) is 24.3 Å². The van der Waals surface area contributed by atoms with Crippen molar-refractivity contribution in [2.24, 2.45) is 5.73 Å². The van der Waals surface area contributed by atoms with Crippen LogP contribution in [0.5, 0.6) is 0 Å². The summed E-state index contributed by atoms with van der Waals surface area (Å²) in [6, 6.07) is 8.98. The van der Waals surface area contributed by atoms with Gasteiger partial charge in [0.2, 0.25) is 0 Å². The number of nitrogens with two attached hydrogens (primary N) is 1. The van der Waals surface area contributed by atoms with E-state index in [9.17, 15) is 0 Å². The van der Waals surface area contributed by atoms with Gasteiger partial charge in [-0.3, -0.25) is 0 Å². The highest BCUT2D eigenvalue weighted by atomic mass is 15.1. The Bertz CT molecular complexity index is 303. The maximum Gasteiger partial charge on any atom is 0.0230 e. The van der Waals surface area contributed by atoms with Crippen molar-refractivity contribution in [3.63, 3.8) is 0 Å². The number of rotatable bonds is 7. The van der Waals surface area contributed by atoms with E-state index in [1.54, 1.807) is 0 Å². The van der Waals surface area contributed by atoms with Gasteiger partial charge in [0.15, 0.2) is 0 Å². The summed E-state index contributed by atoms with van der Waals surface area (Å²) in [5.74, 6) is 0.617. The molecule has 2 nitrogen and oxygen atoms in total. The monoisotopic (exact) mass is 234 g/mol. The second kappa shape index (κ2) is 7.46. The fraction of sp³-hybridized carbons (Fsp3) is 0.600. The van der Waals surface area contributed by atoms with Gasteiger partial charge in [0.1, 0.15) is 0 Å². The third-order valence-corrected chi connectivity index (χ3v) is 3.09. The summed E-state index contributed by atoms with van der Waals surface area (Å²) in [5.41, 5.74) is 8.30. The first-order valence-corrected chi connectivity index (χ1v) is 6.61. The largest absolute Gasteiger partial charge is 0.330 e. The third-order valence-electron chi connectivity index (χ3n) is 3.09. The molecule has 0 aliphatic heterocycles. The fourth-order valence-corrected chi connectivity index (χ4v) is 1.92. The van der Waals surface area contributed by atoms with Crippen LogP contribution in [0.3, 0.4) is 0 Å². The van der Waals surface area contributed by atoms with Crippen LogP contribution < -0.4 is 5.73 Å². The minimum Gasteiger partial charge on any atom is -0.330 e. The van der Waals surface area contributed by atoms with Crippen molar-refractivity contribution in [3.05, 3.63) is 35.4 Å². The Morgan fingerprint density at radius 3 is 2.29 bits per heavy atom. The van der Waals surface area contributed by atoms with Crippen LogP contribution in [-0.4, -0.2) is 25.0 Å². The van der Waals surface area contributed by atoms with Crippen molar-refractivity contribution in [2.75, 3.05) is 20.1 Å². The molecule has 0 bridgehead atoms. The molecule has 0 atom stereocenters. The van der Waals surface area contributed by atoms with Gasteiger partial charge in [0, 0.05) is 6.54 Å². The van der Waals surface area contributed by atoms with Gasteiger partial charge in [-0.25, -0.2) is 0 Å². The summed E-state index contributed by atoms with van der Waals surface area (Å²) >= 11 is 0. The van der Waals surface area contributed by atoms with E-state index in [1.165, 1.54) is 17.5 Å². The van der Waals surface area contributed by atoms with E-state index in [0.29, 0.717) is 5.92 Å². The lowest BCUT2D eigenvalue weighted by atomic mass is 10.0. The second-order valence-electron chi connectivity index (χ2n) is 5.13. The van der Waals surface area contributed by atoms with Gasteiger partial charge < -0.3 is 10.6 Å². The molecule has 0 aliphatic rings. The molecule has 96 valence electrons.